The summed E-state index contributed by atoms with van der Waals surface area (Å²) in [5.41, 5.74) is 2.48. The van der Waals surface area contributed by atoms with Gasteiger partial charge in [-0.2, -0.15) is 5.10 Å². The van der Waals surface area contributed by atoms with Crippen LogP contribution in [0.2, 0.25) is 5.15 Å². The van der Waals surface area contributed by atoms with Gasteiger partial charge in [-0.15, -0.1) is 0 Å². The predicted octanol–water partition coefficient (Wildman–Crippen LogP) is 2.33. The van der Waals surface area contributed by atoms with Crippen LogP contribution in [0.3, 0.4) is 0 Å². The van der Waals surface area contributed by atoms with Gasteiger partial charge in [-0.1, -0.05) is 16.8 Å². The van der Waals surface area contributed by atoms with E-state index >= 15 is 0 Å². The molecule has 5 heteroatoms. The van der Waals surface area contributed by atoms with Gasteiger partial charge in [0, 0.05) is 11.8 Å². The van der Waals surface area contributed by atoms with Crippen LogP contribution in [0.1, 0.15) is 11.4 Å². The van der Waals surface area contributed by atoms with Crippen molar-refractivity contribution in [2.75, 3.05) is 0 Å². The highest BCUT2D eigenvalue weighted by atomic mass is 35.5. The van der Waals surface area contributed by atoms with E-state index in [2.05, 4.69) is 15.4 Å². The number of hydrogen-bond acceptors (Lipinski definition) is 3. The van der Waals surface area contributed by atoms with Crippen LogP contribution < -0.4 is 0 Å². The van der Waals surface area contributed by atoms with Crippen LogP contribution in [-0.2, 0) is 0 Å². The number of hydrogen-bond donors (Lipinski definition) is 1. The number of rotatable bonds is 1. The number of nitrogens with zero attached hydrogens (tertiary/aromatic N) is 2. The molecule has 0 bridgehead atoms. The Balaban J connectivity index is 2.57. The van der Waals surface area contributed by atoms with Gasteiger partial charge in [-0.05, 0) is 13.8 Å². The summed E-state index contributed by atoms with van der Waals surface area (Å²) in [4.78, 5) is 0. The lowest BCUT2D eigenvalue weighted by molar-refractivity contribution is 0.427. The van der Waals surface area contributed by atoms with Crippen molar-refractivity contribution in [2.24, 2.45) is 0 Å². The molecular weight excluding hydrogens is 190 g/mol. The summed E-state index contributed by atoms with van der Waals surface area (Å²) in [6.07, 6.45) is 0. The average Bonchev–Trinajstić information content (AvgIpc) is 2.60. The van der Waals surface area contributed by atoms with Crippen LogP contribution >= 0.6 is 11.6 Å². The van der Waals surface area contributed by atoms with E-state index in [1.807, 2.05) is 19.9 Å². The first-order chi connectivity index (χ1) is 6.18. The lowest BCUT2D eigenvalue weighted by atomic mass is 10.2. The van der Waals surface area contributed by atoms with Crippen molar-refractivity contribution in [2.45, 2.75) is 13.8 Å². The van der Waals surface area contributed by atoms with E-state index in [-0.39, 0.29) is 0 Å². The molecule has 0 saturated carbocycles. The summed E-state index contributed by atoms with van der Waals surface area (Å²) in [6, 6.07) is 1.82. The van der Waals surface area contributed by atoms with Crippen LogP contribution in [0, 0.1) is 13.8 Å². The van der Waals surface area contributed by atoms with E-state index in [1.54, 1.807) is 0 Å². The molecule has 0 fully saturated rings. The van der Waals surface area contributed by atoms with E-state index in [0.717, 1.165) is 17.0 Å². The molecule has 0 aromatic carbocycles. The van der Waals surface area contributed by atoms with Gasteiger partial charge >= 0.3 is 0 Å². The fourth-order valence-electron chi connectivity index (χ4n) is 1.17. The maximum atomic E-state index is 5.86. The second kappa shape index (κ2) is 2.88. The quantitative estimate of drug-likeness (QED) is 0.764. The molecule has 0 atom stereocenters. The van der Waals surface area contributed by atoms with Crippen LogP contribution in [0.25, 0.3) is 11.3 Å². The molecule has 0 aliphatic carbocycles. The van der Waals surface area contributed by atoms with Crippen molar-refractivity contribution in [3.8, 4) is 11.3 Å². The number of aryl methyl sites for hydroxylation is 2. The van der Waals surface area contributed by atoms with Gasteiger partial charge in [0.05, 0.1) is 11.3 Å². The summed E-state index contributed by atoms with van der Waals surface area (Å²) in [5, 5.41) is 10.8. The molecule has 13 heavy (non-hydrogen) atoms. The maximum absolute atomic E-state index is 5.86. The summed E-state index contributed by atoms with van der Waals surface area (Å²) in [5.74, 6) is 0.647. The molecule has 2 aromatic rings. The van der Waals surface area contributed by atoms with Crippen LogP contribution in [-0.4, -0.2) is 15.4 Å². The van der Waals surface area contributed by atoms with Crippen molar-refractivity contribution in [1.29, 1.82) is 0 Å². The van der Waals surface area contributed by atoms with E-state index in [9.17, 15) is 0 Å². The maximum Gasteiger partial charge on any atom is 0.172 e. The standard InChI is InChI=1S/C8H8ClN3O/c1-4-3-6(13-12-4)7-5(2)10-11-8(7)9/h3H,1-2H3,(H,10,11). The lowest BCUT2D eigenvalue weighted by Crippen LogP contribution is -1.75. The van der Waals surface area contributed by atoms with E-state index in [4.69, 9.17) is 16.1 Å². The summed E-state index contributed by atoms with van der Waals surface area (Å²) in [7, 11) is 0. The third-order valence-electron chi connectivity index (χ3n) is 1.78. The summed E-state index contributed by atoms with van der Waals surface area (Å²) in [6.45, 7) is 3.74. The Hall–Kier alpha value is -1.29. The van der Waals surface area contributed by atoms with Crippen molar-refractivity contribution in [3.05, 3.63) is 22.6 Å². The molecule has 1 N–H and O–H groups in total. The molecule has 2 aromatic heterocycles. The minimum absolute atomic E-state index is 0.411. The molecule has 68 valence electrons. The SMILES string of the molecule is Cc1cc(-c2c(Cl)n[nH]c2C)on1. The molecular formula is C8H8ClN3O. The van der Waals surface area contributed by atoms with E-state index in [1.165, 1.54) is 0 Å². The normalized spacial score (nSPS) is 10.7. The van der Waals surface area contributed by atoms with Crippen molar-refractivity contribution < 1.29 is 4.52 Å². The first kappa shape index (κ1) is 8.31. The van der Waals surface area contributed by atoms with E-state index in [0.29, 0.717) is 10.9 Å². The zero-order chi connectivity index (χ0) is 9.42. The van der Waals surface area contributed by atoms with Gasteiger partial charge < -0.3 is 4.52 Å². The Morgan fingerprint density at radius 1 is 1.46 bits per heavy atom. The molecule has 0 aliphatic heterocycles. The molecule has 2 rings (SSSR count). The van der Waals surface area contributed by atoms with Gasteiger partial charge in [0.25, 0.3) is 0 Å². The average molecular weight is 198 g/mol. The zero-order valence-corrected chi connectivity index (χ0v) is 8.01. The number of H-pyrrole nitrogens is 1. The first-order valence-electron chi connectivity index (χ1n) is 3.82. The van der Waals surface area contributed by atoms with E-state index < -0.39 is 0 Å². The van der Waals surface area contributed by atoms with Gasteiger partial charge in [-0.3, -0.25) is 5.10 Å². The smallest absolute Gasteiger partial charge is 0.172 e. The largest absolute Gasteiger partial charge is 0.356 e. The third-order valence-corrected chi connectivity index (χ3v) is 2.05. The van der Waals surface area contributed by atoms with Crippen molar-refractivity contribution in [3.63, 3.8) is 0 Å². The minimum Gasteiger partial charge on any atom is -0.356 e. The zero-order valence-electron chi connectivity index (χ0n) is 7.26. The fraction of sp³-hybridized carbons (Fsp3) is 0.250. The molecule has 0 aliphatic rings. The van der Waals surface area contributed by atoms with Gasteiger partial charge in [0.2, 0.25) is 0 Å². The molecule has 2 heterocycles. The molecule has 4 nitrogen and oxygen atoms in total. The Morgan fingerprint density at radius 2 is 2.23 bits per heavy atom. The fourth-order valence-corrected chi connectivity index (χ4v) is 1.44. The summed E-state index contributed by atoms with van der Waals surface area (Å²) >= 11 is 5.86. The number of aromatic amines is 1. The molecule has 0 radical (unpaired) electrons. The topological polar surface area (TPSA) is 54.7 Å². The van der Waals surface area contributed by atoms with Crippen LogP contribution in [0.4, 0.5) is 0 Å². The Bertz CT molecular complexity index is 413. The van der Waals surface area contributed by atoms with Crippen molar-refractivity contribution >= 4 is 11.6 Å². The number of aromatic nitrogens is 3. The number of nitrogens with one attached hydrogen (secondary N) is 1. The highest BCUT2D eigenvalue weighted by Crippen LogP contribution is 2.29. The Labute approximate surface area is 79.9 Å². The molecule has 0 unspecified atom stereocenters. The monoisotopic (exact) mass is 197 g/mol. The number of halogens is 1. The first-order valence-corrected chi connectivity index (χ1v) is 4.20. The van der Waals surface area contributed by atoms with Crippen LogP contribution in [0.5, 0.6) is 0 Å². The van der Waals surface area contributed by atoms with Crippen LogP contribution in [0.15, 0.2) is 10.6 Å². The second-order valence-corrected chi connectivity index (χ2v) is 3.20. The van der Waals surface area contributed by atoms with Crippen molar-refractivity contribution in [1.82, 2.24) is 15.4 Å². The highest BCUT2D eigenvalue weighted by Gasteiger charge is 2.14. The highest BCUT2D eigenvalue weighted by molar-refractivity contribution is 6.32. The lowest BCUT2D eigenvalue weighted by Gasteiger charge is -1.90. The molecule has 0 spiro atoms. The molecule has 0 amide bonds. The van der Waals surface area contributed by atoms with Gasteiger partial charge in [-0.25, -0.2) is 0 Å². The summed E-state index contributed by atoms with van der Waals surface area (Å²) < 4.78 is 5.08. The molecule has 0 saturated heterocycles. The predicted molar refractivity (Wildman–Crippen MR) is 48.6 cm³/mol. The minimum atomic E-state index is 0.411. The van der Waals surface area contributed by atoms with Gasteiger partial charge in [0.1, 0.15) is 0 Å². The third kappa shape index (κ3) is 1.33. The second-order valence-electron chi connectivity index (χ2n) is 2.85. The van der Waals surface area contributed by atoms with Gasteiger partial charge in [0.15, 0.2) is 10.9 Å². The Morgan fingerprint density at radius 3 is 2.69 bits per heavy atom. The Kier molecular flexibility index (Phi) is 1.84.